The summed E-state index contributed by atoms with van der Waals surface area (Å²) in [4.78, 5) is 23.2. The Kier molecular flexibility index (Phi) is 4.20. The van der Waals surface area contributed by atoms with Crippen LogP contribution in [0.5, 0.6) is 0 Å². The first-order chi connectivity index (χ1) is 9.10. The van der Waals surface area contributed by atoms with Crippen molar-refractivity contribution in [2.45, 2.75) is 39.2 Å². The molecular formula is C15H19NO3. The smallest absolute Gasteiger partial charge is 0.306 e. The van der Waals surface area contributed by atoms with Gasteiger partial charge in [0.1, 0.15) is 0 Å². The lowest BCUT2D eigenvalue weighted by Crippen LogP contribution is -2.08. The minimum atomic E-state index is -0.313. The molecule has 0 bridgehead atoms. The third-order valence-corrected chi connectivity index (χ3v) is 3.22. The number of Topliss-reactive ketones (excluding diaryl/α,β-unsaturated/α-hetero) is 1. The van der Waals surface area contributed by atoms with Gasteiger partial charge in [-0.2, -0.15) is 0 Å². The summed E-state index contributed by atoms with van der Waals surface area (Å²) in [6.45, 7) is 4.23. The second-order valence-corrected chi connectivity index (χ2v) is 4.85. The predicted octanol–water partition coefficient (Wildman–Crippen LogP) is 2.57. The molecule has 0 radical (unpaired) electrons. The Bertz CT molecular complexity index is 496. The van der Waals surface area contributed by atoms with Crippen molar-refractivity contribution in [3.05, 3.63) is 29.3 Å². The first-order valence-electron chi connectivity index (χ1n) is 6.68. The van der Waals surface area contributed by atoms with E-state index in [4.69, 9.17) is 4.74 Å². The standard InChI is InChI=1S/C15H19NO3/c1-3-19-15(18)7-6-14(17)11-4-5-13-12(9-11)8-10(2)16-13/h4-5,9-10,16H,3,6-8H2,1-2H3/t10-/m0/s1. The molecule has 0 saturated heterocycles. The summed E-state index contributed by atoms with van der Waals surface area (Å²) in [6, 6.07) is 6.10. The number of esters is 1. The van der Waals surface area contributed by atoms with Crippen LogP contribution < -0.4 is 5.32 Å². The number of benzene rings is 1. The molecule has 0 aromatic heterocycles. The van der Waals surface area contributed by atoms with Crippen LogP contribution in [0.25, 0.3) is 0 Å². The van der Waals surface area contributed by atoms with Gasteiger partial charge in [0.05, 0.1) is 13.0 Å². The molecule has 4 heteroatoms. The van der Waals surface area contributed by atoms with Gasteiger partial charge in [0, 0.05) is 23.7 Å². The van der Waals surface area contributed by atoms with Crippen LogP contribution >= 0.6 is 0 Å². The van der Waals surface area contributed by atoms with Crippen molar-refractivity contribution in [2.75, 3.05) is 11.9 Å². The topological polar surface area (TPSA) is 55.4 Å². The highest BCUT2D eigenvalue weighted by atomic mass is 16.5. The maximum atomic E-state index is 12.0. The number of hydrogen-bond acceptors (Lipinski definition) is 4. The minimum Gasteiger partial charge on any atom is -0.466 e. The number of ether oxygens (including phenoxy) is 1. The Hall–Kier alpha value is -1.84. The monoisotopic (exact) mass is 261 g/mol. The Labute approximate surface area is 113 Å². The van der Waals surface area contributed by atoms with E-state index >= 15 is 0 Å². The Morgan fingerprint density at radius 3 is 2.89 bits per heavy atom. The summed E-state index contributed by atoms with van der Waals surface area (Å²) in [7, 11) is 0. The number of ketones is 1. The fraction of sp³-hybridized carbons (Fsp3) is 0.467. The molecule has 2 rings (SSSR count). The normalized spacial score (nSPS) is 16.6. The first kappa shape index (κ1) is 13.6. The van der Waals surface area contributed by atoms with Crippen LogP contribution in [0.1, 0.15) is 42.6 Å². The van der Waals surface area contributed by atoms with Gasteiger partial charge in [0.25, 0.3) is 0 Å². The maximum Gasteiger partial charge on any atom is 0.306 e. The first-order valence-corrected chi connectivity index (χ1v) is 6.68. The molecule has 1 aliphatic heterocycles. The molecule has 102 valence electrons. The van der Waals surface area contributed by atoms with E-state index in [1.54, 1.807) is 6.92 Å². The Balaban J connectivity index is 1.97. The number of hydrogen-bond donors (Lipinski definition) is 1. The lowest BCUT2D eigenvalue weighted by atomic mass is 10.0. The van der Waals surface area contributed by atoms with Crippen LogP contribution in [0, 0.1) is 0 Å². The van der Waals surface area contributed by atoms with Crippen molar-refractivity contribution in [1.82, 2.24) is 0 Å². The second kappa shape index (κ2) is 5.87. The third-order valence-electron chi connectivity index (χ3n) is 3.22. The molecule has 0 spiro atoms. The zero-order chi connectivity index (χ0) is 13.8. The van der Waals surface area contributed by atoms with Gasteiger partial charge in [-0.15, -0.1) is 0 Å². The number of nitrogens with one attached hydrogen (secondary N) is 1. The van der Waals surface area contributed by atoms with Gasteiger partial charge in [0.2, 0.25) is 0 Å². The number of anilines is 1. The van der Waals surface area contributed by atoms with Gasteiger partial charge in [-0.05, 0) is 44.0 Å². The van der Waals surface area contributed by atoms with E-state index in [-0.39, 0.29) is 24.6 Å². The molecule has 0 saturated carbocycles. The van der Waals surface area contributed by atoms with E-state index in [2.05, 4.69) is 12.2 Å². The predicted molar refractivity (Wildman–Crippen MR) is 73.4 cm³/mol. The number of fused-ring (bicyclic) bond motifs is 1. The molecule has 0 fully saturated rings. The molecule has 0 aliphatic carbocycles. The van der Waals surface area contributed by atoms with Crippen molar-refractivity contribution in [3.8, 4) is 0 Å². The molecule has 1 aliphatic rings. The SMILES string of the molecule is CCOC(=O)CCC(=O)c1ccc2c(c1)C[C@H](C)N2. The molecule has 19 heavy (non-hydrogen) atoms. The van der Waals surface area contributed by atoms with Crippen molar-refractivity contribution in [1.29, 1.82) is 0 Å². The van der Waals surface area contributed by atoms with Crippen molar-refractivity contribution in [3.63, 3.8) is 0 Å². The molecular weight excluding hydrogens is 242 g/mol. The summed E-state index contributed by atoms with van der Waals surface area (Å²) in [5, 5.41) is 3.35. The summed E-state index contributed by atoms with van der Waals surface area (Å²) in [5.41, 5.74) is 2.96. The molecule has 1 N–H and O–H groups in total. The lowest BCUT2D eigenvalue weighted by Gasteiger charge is -2.04. The average molecular weight is 261 g/mol. The molecule has 1 aromatic rings. The van der Waals surface area contributed by atoms with Gasteiger partial charge in [-0.1, -0.05) is 0 Å². The third kappa shape index (κ3) is 3.34. The minimum absolute atomic E-state index is 0.00425. The van der Waals surface area contributed by atoms with Gasteiger partial charge >= 0.3 is 5.97 Å². The average Bonchev–Trinajstić information content (AvgIpc) is 2.75. The van der Waals surface area contributed by atoms with Crippen LogP contribution in [-0.2, 0) is 16.0 Å². The lowest BCUT2D eigenvalue weighted by molar-refractivity contribution is -0.143. The van der Waals surface area contributed by atoms with Gasteiger partial charge in [-0.25, -0.2) is 0 Å². The second-order valence-electron chi connectivity index (χ2n) is 4.85. The highest BCUT2D eigenvalue weighted by molar-refractivity contribution is 5.98. The highest BCUT2D eigenvalue weighted by Gasteiger charge is 2.18. The summed E-state index contributed by atoms with van der Waals surface area (Å²) < 4.78 is 4.82. The van der Waals surface area contributed by atoms with E-state index in [1.165, 1.54) is 5.56 Å². The number of carbonyl (C=O) groups excluding carboxylic acids is 2. The van der Waals surface area contributed by atoms with Crippen LogP contribution in [0.4, 0.5) is 5.69 Å². The van der Waals surface area contributed by atoms with Crippen molar-refractivity contribution in [2.24, 2.45) is 0 Å². The Morgan fingerprint density at radius 2 is 2.16 bits per heavy atom. The quantitative estimate of drug-likeness (QED) is 0.654. The largest absolute Gasteiger partial charge is 0.466 e. The molecule has 1 aromatic carbocycles. The summed E-state index contributed by atoms with van der Waals surface area (Å²) in [5.74, 6) is -0.317. The number of carbonyl (C=O) groups is 2. The fourth-order valence-electron chi connectivity index (χ4n) is 2.32. The van der Waals surface area contributed by atoms with Crippen molar-refractivity contribution >= 4 is 17.4 Å². The molecule has 0 amide bonds. The Morgan fingerprint density at radius 1 is 1.37 bits per heavy atom. The fourth-order valence-corrected chi connectivity index (χ4v) is 2.32. The van der Waals surface area contributed by atoms with E-state index < -0.39 is 0 Å². The summed E-state index contributed by atoms with van der Waals surface area (Å²) >= 11 is 0. The molecule has 1 heterocycles. The van der Waals surface area contributed by atoms with Crippen LogP contribution in [0.3, 0.4) is 0 Å². The van der Waals surface area contributed by atoms with Gasteiger partial charge in [0.15, 0.2) is 5.78 Å². The van der Waals surface area contributed by atoms with Gasteiger partial charge < -0.3 is 10.1 Å². The molecule has 1 atom stereocenters. The van der Waals surface area contributed by atoms with E-state index in [9.17, 15) is 9.59 Å². The zero-order valence-corrected chi connectivity index (χ0v) is 11.4. The van der Waals surface area contributed by atoms with Crippen LogP contribution in [-0.4, -0.2) is 24.4 Å². The van der Waals surface area contributed by atoms with E-state index in [0.29, 0.717) is 18.2 Å². The van der Waals surface area contributed by atoms with Gasteiger partial charge in [-0.3, -0.25) is 9.59 Å². The zero-order valence-electron chi connectivity index (χ0n) is 11.4. The van der Waals surface area contributed by atoms with Crippen molar-refractivity contribution < 1.29 is 14.3 Å². The van der Waals surface area contributed by atoms with Crippen LogP contribution in [0.2, 0.25) is 0 Å². The maximum absolute atomic E-state index is 12.0. The summed E-state index contributed by atoms with van der Waals surface area (Å²) in [6.07, 6.45) is 1.30. The van der Waals surface area contributed by atoms with E-state index in [1.807, 2.05) is 18.2 Å². The van der Waals surface area contributed by atoms with E-state index in [0.717, 1.165) is 12.1 Å². The molecule has 4 nitrogen and oxygen atoms in total. The number of rotatable bonds is 5. The van der Waals surface area contributed by atoms with Crippen LogP contribution in [0.15, 0.2) is 18.2 Å². The highest BCUT2D eigenvalue weighted by Crippen LogP contribution is 2.27. The molecule has 0 unspecified atom stereocenters.